The highest BCUT2D eigenvalue weighted by molar-refractivity contribution is 7.91. The molecule has 1 aromatic heterocycles. The van der Waals surface area contributed by atoms with Crippen LogP contribution >= 0.6 is 12.4 Å². The van der Waals surface area contributed by atoms with E-state index in [0.717, 1.165) is 26.2 Å². The van der Waals surface area contributed by atoms with Crippen LogP contribution in [-0.2, 0) is 21.9 Å². The summed E-state index contributed by atoms with van der Waals surface area (Å²) in [4.78, 5) is 2.54. The zero-order valence-corrected chi connectivity index (χ0v) is 16.5. The molecule has 0 saturated carbocycles. The summed E-state index contributed by atoms with van der Waals surface area (Å²) in [7, 11) is -2.91. The van der Waals surface area contributed by atoms with Crippen LogP contribution < -0.4 is 5.32 Å². The van der Waals surface area contributed by atoms with Crippen molar-refractivity contribution in [3.63, 3.8) is 0 Å². The van der Waals surface area contributed by atoms with Gasteiger partial charge in [-0.3, -0.25) is 9.58 Å². The van der Waals surface area contributed by atoms with Gasteiger partial charge >= 0.3 is 0 Å². The second kappa shape index (κ2) is 6.83. The van der Waals surface area contributed by atoms with Gasteiger partial charge in [0.25, 0.3) is 0 Å². The summed E-state index contributed by atoms with van der Waals surface area (Å²) in [5, 5.41) is 7.96. The molecule has 1 unspecified atom stereocenters. The Morgan fingerprint density at radius 1 is 1.24 bits per heavy atom. The number of sulfone groups is 1. The molecule has 1 spiro atoms. The fraction of sp³-hybridized carbons (Fsp3) is 0.824. The third-order valence-electron chi connectivity index (χ3n) is 6.26. The van der Waals surface area contributed by atoms with Crippen LogP contribution in [-0.4, -0.2) is 60.8 Å². The minimum Gasteiger partial charge on any atom is -0.317 e. The number of piperidine rings is 1. The fourth-order valence-electron chi connectivity index (χ4n) is 4.70. The first kappa shape index (κ1) is 19.1. The van der Waals surface area contributed by atoms with Crippen molar-refractivity contribution in [1.29, 1.82) is 0 Å². The van der Waals surface area contributed by atoms with E-state index in [9.17, 15) is 8.42 Å². The van der Waals surface area contributed by atoms with Crippen LogP contribution in [0, 0.1) is 5.41 Å². The van der Waals surface area contributed by atoms with Gasteiger partial charge in [0, 0.05) is 24.8 Å². The van der Waals surface area contributed by atoms with Gasteiger partial charge in [-0.1, -0.05) is 0 Å². The van der Waals surface area contributed by atoms with E-state index < -0.39 is 9.84 Å². The average Bonchev–Trinajstić information content (AvgIpc) is 3.21. The van der Waals surface area contributed by atoms with E-state index in [0.29, 0.717) is 11.8 Å². The normalized spacial score (nSPS) is 31.2. The number of likely N-dealkylation sites (tertiary alicyclic amines) is 1. The van der Waals surface area contributed by atoms with E-state index >= 15 is 0 Å². The molecule has 0 amide bonds. The Bertz CT molecular complexity index is 714. The number of nitrogens with zero attached hydrogens (tertiary/aromatic N) is 3. The van der Waals surface area contributed by atoms with Crippen LogP contribution in [0.25, 0.3) is 0 Å². The largest absolute Gasteiger partial charge is 0.317 e. The van der Waals surface area contributed by atoms with Gasteiger partial charge < -0.3 is 5.32 Å². The predicted octanol–water partition coefficient (Wildman–Crippen LogP) is 1.41. The zero-order chi connectivity index (χ0) is 16.8. The lowest BCUT2D eigenvalue weighted by Crippen LogP contribution is -2.38. The lowest BCUT2D eigenvalue weighted by atomic mass is 9.78. The third kappa shape index (κ3) is 3.89. The van der Waals surface area contributed by atoms with Gasteiger partial charge in [-0.2, -0.15) is 5.10 Å². The first-order chi connectivity index (χ1) is 11.4. The first-order valence-electron chi connectivity index (χ1n) is 9.06. The van der Waals surface area contributed by atoms with Gasteiger partial charge in [0.1, 0.15) is 0 Å². The Labute approximate surface area is 156 Å². The van der Waals surface area contributed by atoms with Crippen LogP contribution in [0.5, 0.6) is 0 Å². The van der Waals surface area contributed by atoms with Gasteiger partial charge in [-0.25, -0.2) is 8.42 Å². The van der Waals surface area contributed by atoms with Crippen molar-refractivity contribution in [2.24, 2.45) is 5.41 Å². The number of hydrogen-bond acceptors (Lipinski definition) is 5. The van der Waals surface area contributed by atoms with E-state index in [-0.39, 0.29) is 29.5 Å². The maximum atomic E-state index is 11.8. The molecule has 4 heterocycles. The van der Waals surface area contributed by atoms with E-state index in [1.165, 1.54) is 31.4 Å². The Morgan fingerprint density at radius 2 is 2.00 bits per heavy atom. The molecule has 0 bridgehead atoms. The maximum Gasteiger partial charge on any atom is 0.152 e. The second-order valence-electron chi connectivity index (χ2n) is 8.34. The molecule has 1 N–H and O–H groups in total. The van der Waals surface area contributed by atoms with Crippen LogP contribution in [0.15, 0.2) is 12.4 Å². The molecule has 8 heteroatoms. The molecule has 3 fully saturated rings. The minimum absolute atomic E-state index is 0. The number of hydrogen-bond donors (Lipinski definition) is 1. The van der Waals surface area contributed by atoms with Gasteiger partial charge in [-0.15, -0.1) is 12.4 Å². The Hall–Kier alpha value is -0.630. The van der Waals surface area contributed by atoms with Crippen LogP contribution in [0.1, 0.15) is 38.2 Å². The van der Waals surface area contributed by atoms with Gasteiger partial charge in [0.2, 0.25) is 0 Å². The maximum absolute atomic E-state index is 11.8. The monoisotopic (exact) mass is 388 g/mol. The average molecular weight is 389 g/mol. The molecular weight excluding hydrogens is 360 g/mol. The lowest BCUT2D eigenvalue weighted by molar-refractivity contribution is 0.194. The standard InChI is InChI=1S/C17H28N4O2S.ClH/c1-16(5-9-24(22,23)14-16)21-12-15(10-19-21)11-20-8-4-17(13-20)2-6-18-7-3-17;/h10,12,18H,2-9,11,13-14H2,1H3;1H. The first-order valence-corrected chi connectivity index (χ1v) is 10.9. The van der Waals surface area contributed by atoms with Gasteiger partial charge in [0.05, 0.1) is 23.2 Å². The number of halogens is 1. The summed E-state index contributed by atoms with van der Waals surface area (Å²) in [6.07, 6.45) is 8.53. The molecule has 142 valence electrons. The molecule has 6 nitrogen and oxygen atoms in total. The molecule has 25 heavy (non-hydrogen) atoms. The second-order valence-corrected chi connectivity index (χ2v) is 10.5. The molecular formula is C17H29ClN4O2S. The highest BCUT2D eigenvalue weighted by Gasteiger charge is 2.41. The minimum atomic E-state index is -2.91. The van der Waals surface area contributed by atoms with Crippen LogP contribution in [0.3, 0.4) is 0 Å². The highest BCUT2D eigenvalue weighted by atomic mass is 35.5. The van der Waals surface area contributed by atoms with Crippen molar-refractivity contribution in [1.82, 2.24) is 20.0 Å². The number of aromatic nitrogens is 2. The van der Waals surface area contributed by atoms with Gasteiger partial charge in [-0.05, 0) is 57.7 Å². The lowest BCUT2D eigenvalue weighted by Gasteiger charge is -2.33. The third-order valence-corrected chi connectivity index (χ3v) is 8.15. The summed E-state index contributed by atoms with van der Waals surface area (Å²) in [6.45, 7) is 7.59. The number of nitrogens with one attached hydrogen (secondary N) is 1. The quantitative estimate of drug-likeness (QED) is 0.848. The molecule has 1 aromatic rings. The molecule has 3 aliphatic heterocycles. The van der Waals surface area contributed by atoms with Crippen LogP contribution in [0.2, 0.25) is 0 Å². The van der Waals surface area contributed by atoms with Gasteiger partial charge in [0.15, 0.2) is 9.84 Å². The molecule has 0 aliphatic carbocycles. The molecule has 0 aromatic carbocycles. The number of rotatable bonds is 3. The SMILES string of the molecule is CC1(n2cc(CN3CCC4(CCNCC4)C3)cn2)CCS(=O)(=O)C1.Cl. The molecule has 1 atom stereocenters. The smallest absolute Gasteiger partial charge is 0.152 e. The Balaban J connectivity index is 0.00000182. The van der Waals surface area contributed by atoms with Crippen molar-refractivity contribution < 1.29 is 8.42 Å². The van der Waals surface area contributed by atoms with Crippen molar-refractivity contribution in [3.8, 4) is 0 Å². The van der Waals surface area contributed by atoms with E-state index in [2.05, 4.69) is 21.5 Å². The van der Waals surface area contributed by atoms with E-state index in [1.807, 2.05) is 17.8 Å². The Morgan fingerprint density at radius 3 is 2.68 bits per heavy atom. The fourth-order valence-corrected chi connectivity index (χ4v) is 6.82. The van der Waals surface area contributed by atoms with E-state index in [1.54, 1.807) is 0 Å². The zero-order valence-electron chi connectivity index (χ0n) is 14.9. The summed E-state index contributed by atoms with van der Waals surface area (Å²) in [6, 6.07) is 0. The van der Waals surface area contributed by atoms with Crippen molar-refractivity contribution in [2.75, 3.05) is 37.7 Å². The molecule has 0 radical (unpaired) electrons. The molecule has 4 rings (SSSR count). The van der Waals surface area contributed by atoms with Crippen molar-refractivity contribution in [2.45, 2.75) is 44.7 Å². The van der Waals surface area contributed by atoms with Crippen molar-refractivity contribution >= 4 is 22.2 Å². The topological polar surface area (TPSA) is 67.2 Å². The summed E-state index contributed by atoms with van der Waals surface area (Å²) >= 11 is 0. The molecule has 3 saturated heterocycles. The predicted molar refractivity (Wildman–Crippen MR) is 101 cm³/mol. The van der Waals surface area contributed by atoms with Crippen molar-refractivity contribution in [3.05, 3.63) is 18.0 Å². The highest BCUT2D eigenvalue weighted by Crippen LogP contribution is 2.39. The van der Waals surface area contributed by atoms with Crippen LogP contribution in [0.4, 0.5) is 0 Å². The Kier molecular flexibility index (Phi) is 5.23. The van der Waals surface area contributed by atoms with E-state index in [4.69, 9.17) is 0 Å². The molecule has 3 aliphatic rings. The summed E-state index contributed by atoms with van der Waals surface area (Å²) in [5.41, 5.74) is 1.34. The summed E-state index contributed by atoms with van der Waals surface area (Å²) < 4.78 is 25.5. The summed E-state index contributed by atoms with van der Waals surface area (Å²) in [5.74, 6) is 0.488.